The Morgan fingerprint density at radius 1 is 1.23 bits per heavy atom. The molecule has 13 heavy (non-hydrogen) atoms. The van der Waals surface area contributed by atoms with Crippen LogP contribution in [0.4, 0.5) is 0 Å². The molecule has 0 aliphatic carbocycles. The molecule has 0 rings (SSSR count). The van der Waals surface area contributed by atoms with Crippen LogP contribution in [0.3, 0.4) is 0 Å². The van der Waals surface area contributed by atoms with Gasteiger partial charge in [-0.1, -0.05) is 32.6 Å². The lowest BCUT2D eigenvalue weighted by Crippen LogP contribution is -2.04. The molecule has 0 fully saturated rings. The Labute approximate surface area is 81.9 Å². The van der Waals surface area contributed by atoms with E-state index in [1.165, 1.54) is 25.7 Å². The second-order valence-electron chi connectivity index (χ2n) is 3.52. The van der Waals surface area contributed by atoms with Gasteiger partial charge in [0, 0.05) is 6.61 Å². The fourth-order valence-corrected chi connectivity index (χ4v) is 1.11. The first-order valence-corrected chi connectivity index (χ1v) is 5.28. The monoisotopic (exact) mass is 183 g/mol. The third kappa shape index (κ3) is 9.36. The van der Waals surface area contributed by atoms with Gasteiger partial charge in [0.15, 0.2) is 0 Å². The summed E-state index contributed by atoms with van der Waals surface area (Å²) in [5, 5.41) is 8.48. The van der Waals surface area contributed by atoms with Gasteiger partial charge in [0.25, 0.3) is 0 Å². The van der Waals surface area contributed by atoms with E-state index in [9.17, 15) is 0 Å². The summed E-state index contributed by atoms with van der Waals surface area (Å²) in [6.07, 6.45) is 6.32. The summed E-state index contributed by atoms with van der Waals surface area (Å²) in [6, 6.07) is 2.15. The molecule has 2 nitrogen and oxygen atoms in total. The molecule has 0 saturated carbocycles. The van der Waals surface area contributed by atoms with Gasteiger partial charge in [-0.3, -0.25) is 0 Å². The number of nitriles is 1. The zero-order valence-electron chi connectivity index (χ0n) is 8.88. The highest BCUT2D eigenvalue weighted by Crippen LogP contribution is 2.03. The van der Waals surface area contributed by atoms with Crippen LogP contribution in [0.1, 0.15) is 46.0 Å². The number of unbranched alkanes of at least 4 members (excludes halogenated alkanes) is 4. The summed E-state index contributed by atoms with van der Waals surface area (Å²) in [5.74, 6) is 0.0376. The third-order valence-electron chi connectivity index (χ3n) is 1.98. The van der Waals surface area contributed by atoms with E-state index in [-0.39, 0.29) is 5.92 Å². The second kappa shape index (κ2) is 9.54. The highest BCUT2D eigenvalue weighted by Gasteiger charge is 1.97. The van der Waals surface area contributed by atoms with E-state index in [4.69, 9.17) is 10.00 Å². The van der Waals surface area contributed by atoms with Gasteiger partial charge in [0.1, 0.15) is 0 Å². The minimum atomic E-state index is 0.0376. The Kier molecular flexibility index (Phi) is 9.13. The van der Waals surface area contributed by atoms with Crippen LogP contribution in [0, 0.1) is 17.2 Å². The van der Waals surface area contributed by atoms with Gasteiger partial charge in [-0.15, -0.1) is 0 Å². The molecule has 0 aromatic carbocycles. The van der Waals surface area contributed by atoms with Gasteiger partial charge < -0.3 is 4.74 Å². The molecule has 0 bridgehead atoms. The van der Waals surface area contributed by atoms with E-state index in [0.29, 0.717) is 6.61 Å². The molecule has 0 aliphatic heterocycles. The van der Waals surface area contributed by atoms with Crippen LogP contribution >= 0.6 is 0 Å². The topological polar surface area (TPSA) is 33.0 Å². The fraction of sp³-hybridized carbons (Fsp3) is 0.909. The molecule has 0 heterocycles. The summed E-state index contributed by atoms with van der Waals surface area (Å²) in [4.78, 5) is 0. The summed E-state index contributed by atoms with van der Waals surface area (Å²) in [7, 11) is 0. The van der Waals surface area contributed by atoms with Gasteiger partial charge in [-0.2, -0.15) is 5.26 Å². The Hall–Kier alpha value is -0.550. The molecule has 0 spiro atoms. The first-order valence-electron chi connectivity index (χ1n) is 5.28. The van der Waals surface area contributed by atoms with E-state index in [1.807, 2.05) is 6.92 Å². The molecule has 0 amide bonds. The smallest absolute Gasteiger partial charge is 0.0677 e. The van der Waals surface area contributed by atoms with Gasteiger partial charge >= 0.3 is 0 Å². The highest BCUT2D eigenvalue weighted by molar-refractivity contribution is 4.77. The normalized spacial score (nSPS) is 12.4. The van der Waals surface area contributed by atoms with Crippen molar-refractivity contribution in [3.05, 3.63) is 0 Å². The van der Waals surface area contributed by atoms with E-state index in [0.717, 1.165) is 13.0 Å². The second-order valence-corrected chi connectivity index (χ2v) is 3.52. The SMILES string of the molecule is CCCCCCCOCC(C)C#N. The zero-order chi connectivity index (χ0) is 9.94. The summed E-state index contributed by atoms with van der Waals surface area (Å²) < 4.78 is 5.34. The molecule has 1 atom stereocenters. The van der Waals surface area contributed by atoms with Crippen LogP contribution in [0.15, 0.2) is 0 Å². The van der Waals surface area contributed by atoms with Crippen molar-refractivity contribution in [2.75, 3.05) is 13.2 Å². The fourth-order valence-electron chi connectivity index (χ4n) is 1.11. The van der Waals surface area contributed by atoms with Crippen LogP contribution in [0.2, 0.25) is 0 Å². The maximum Gasteiger partial charge on any atom is 0.0677 e. The van der Waals surface area contributed by atoms with Crippen molar-refractivity contribution >= 4 is 0 Å². The van der Waals surface area contributed by atoms with E-state index >= 15 is 0 Å². The predicted octanol–water partition coefficient (Wildman–Crippen LogP) is 3.13. The average molecular weight is 183 g/mol. The van der Waals surface area contributed by atoms with E-state index in [2.05, 4.69) is 13.0 Å². The van der Waals surface area contributed by atoms with Crippen LogP contribution < -0.4 is 0 Å². The molecule has 0 radical (unpaired) electrons. The van der Waals surface area contributed by atoms with Gasteiger partial charge in [0.2, 0.25) is 0 Å². The Bertz CT molecular complexity index is 140. The Morgan fingerprint density at radius 2 is 1.92 bits per heavy atom. The van der Waals surface area contributed by atoms with Gasteiger partial charge in [-0.25, -0.2) is 0 Å². The van der Waals surface area contributed by atoms with Crippen molar-refractivity contribution < 1.29 is 4.74 Å². The quantitative estimate of drug-likeness (QED) is 0.542. The largest absolute Gasteiger partial charge is 0.380 e. The van der Waals surface area contributed by atoms with Crippen LogP contribution in [0.25, 0.3) is 0 Å². The van der Waals surface area contributed by atoms with Crippen molar-refractivity contribution in [2.24, 2.45) is 5.92 Å². The molecule has 0 N–H and O–H groups in total. The molecular weight excluding hydrogens is 162 g/mol. The van der Waals surface area contributed by atoms with E-state index < -0.39 is 0 Å². The molecule has 0 aromatic heterocycles. The molecule has 2 heteroatoms. The average Bonchev–Trinajstić information content (AvgIpc) is 2.16. The summed E-state index contributed by atoms with van der Waals surface area (Å²) >= 11 is 0. The standard InChI is InChI=1S/C11H21NO/c1-3-4-5-6-7-8-13-10-11(2)9-12/h11H,3-8,10H2,1-2H3. The molecule has 0 aliphatic rings. The predicted molar refractivity (Wildman–Crippen MR) is 54.4 cm³/mol. The number of ether oxygens (including phenoxy) is 1. The van der Waals surface area contributed by atoms with Crippen molar-refractivity contribution in [1.29, 1.82) is 5.26 Å². The highest BCUT2D eigenvalue weighted by atomic mass is 16.5. The van der Waals surface area contributed by atoms with Gasteiger partial charge in [-0.05, 0) is 13.3 Å². The lowest BCUT2D eigenvalue weighted by atomic mass is 10.2. The Morgan fingerprint density at radius 3 is 2.54 bits per heavy atom. The number of rotatable bonds is 8. The van der Waals surface area contributed by atoms with Crippen LogP contribution in [-0.4, -0.2) is 13.2 Å². The minimum Gasteiger partial charge on any atom is -0.380 e. The third-order valence-corrected chi connectivity index (χ3v) is 1.98. The summed E-state index contributed by atoms with van der Waals surface area (Å²) in [6.45, 7) is 5.50. The lowest BCUT2D eigenvalue weighted by molar-refractivity contribution is 0.115. The first kappa shape index (κ1) is 12.4. The lowest BCUT2D eigenvalue weighted by Gasteiger charge is -2.04. The van der Waals surface area contributed by atoms with Crippen molar-refractivity contribution in [1.82, 2.24) is 0 Å². The van der Waals surface area contributed by atoms with Crippen LogP contribution in [0.5, 0.6) is 0 Å². The number of hydrogen-bond acceptors (Lipinski definition) is 2. The first-order chi connectivity index (χ1) is 6.31. The molecular formula is C11H21NO. The number of nitrogens with zero attached hydrogens (tertiary/aromatic N) is 1. The van der Waals surface area contributed by atoms with Crippen molar-refractivity contribution in [2.45, 2.75) is 46.0 Å². The van der Waals surface area contributed by atoms with Crippen LogP contribution in [-0.2, 0) is 4.74 Å². The maximum absolute atomic E-state index is 8.48. The summed E-state index contributed by atoms with van der Waals surface area (Å²) in [5.41, 5.74) is 0. The molecule has 0 aromatic rings. The minimum absolute atomic E-state index is 0.0376. The molecule has 76 valence electrons. The maximum atomic E-state index is 8.48. The Balaban J connectivity index is 2.96. The van der Waals surface area contributed by atoms with Crippen molar-refractivity contribution in [3.8, 4) is 6.07 Å². The van der Waals surface area contributed by atoms with Gasteiger partial charge in [0.05, 0.1) is 18.6 Å². The van der Waals surface area contributed by atoms with Crippen molar-refractivity contribution in [3.63, 3.8) is 0 Å². The zero-order valence-corrected chi connectivity index (χ0v) is 8.88. The van der Waals surface area contributed by atoms with E-state index in [1.54, 1.807) is 0 Å². The number of hydrogen-bond donors (Lipinski definition) is 0. The molecule has 1 unspecified atom stereocenters. The molecule has 0 saturated heterocycles.